The lowest BCUT2D eigenvalue weighted by Crippen LogP contribution is -2.21. The van der Waals surface area contributed by atoms with Crippen molar-refractivity contribution >= 4 is 15.9 Å². The second-order valence-corrected chi connectivity index (χ2v) is 5.56. The number of aliphatic hydroxyl groups excluding tert-OH is 1. The average molecular weight is 323 g/mol. The maximum absolute atomic E-state index is 10.3. The molecule has 19 heavy (non-hydrogen) atoms. The molecule has 2 unspecified atom stereocenters. The summed E-state index contributed by atoms with van der Waals surface area (Å²) in [5, 5.41) is 10.3. The molecular weight excluding hydrogens is 308 g/mol. The van der Waals surface area contributed by atoms with Crippen LogP contribution < -0.4 is 4.74 Å². The van der Waals surface area contributed by atoms with Crippen LogP contribution in [0.1, 0.15) is 36.8 Å². The summed E-state index contributed by atoms with van der Waals surface area (Å²) in [5.74, 6) is 0.738. The predicted molar refractivity (Wildman–Crippen MR) is 75.0 cm³/mol. The van der Waals surface area contributed by atoms with Gasteiger partial charge in [-0.15, -0.1) is 0 Å². The molecule has 5 heteroatoms. The Labute approximate surface area is 120 Å². The molecule has 2 atom stereocenters. The first-order chi connectivity index (χ1) is 9.19. The Morgan fingerprint density at radius 1 is 1.53 bits per heavy atom. The SMILES string of the molecule is CCn1cncc1C1CC(O)c2ccc(Br)cc2O1. The van der Waals surface area contributed by atoms with Crippen LogP contribution in [0.2, 0.25) is 0 Å². The molecular formula is C14H15BrN2O2. The van der Waals surface area contributed by atoms with Crippen LogP contribution in [0.15, 0.2) is 35.2 Å². The van der Waals surface area contributed by atoms with Gasteiger partial charge >= 0.3 is 0 Å². The Morgan fingerprint density at radius 3 is 3.16 bits per heavy atom. The van der Waals surface area contributed by atoms with Crippen LogP contribution in [-0.2, 0) is 6.54 Å². The second-order valence-electron chi connectivity index (χ2n) is 4.64. The van der Waals surface area contributed by atoms with E-state index < -0.39 is 6.10 Å². The number of benzene rings is 1. The highest BCUT2D eigenvalue weighted by Crippen LogP contribution is 2.41. The predicted octanol–water partition coefficient (Wildman–Crippen LogP) is 3.22. The molecule has 0 bridgehead atoms. The molecule has 0 fully saturated rings. The first-order valence-corrected chi connectivity index (χ1v) is 7.12. The number of fused-ring (bicyclic) bond motifs is 1. The molecule has 0 saturated heterocycles. The zero-order chi connectivity index (χ0) is 13.4. The molecule has 1 aromatic carbocycles. The maximum Gasteiger partial charge on any atom is 0.143 e. The number of nitrogens with zero attached hydrogens (tertiary/aromatic N) is 2. The number of hydrogen-bond acceptors (Lipinski definition) is 3. The van der Waals surface area contributed by atoms with Crippen molar-refractivity contribution in [3.05, 3.63) is 46.5 Å². The van der Waals surface area contributed by atoms with Crippen molar-refractivity contribution in [3.63, 3.8) is 0 Å². The van der Waals surface area contributed by atoms with Crippen LogP contribution in [0.5, 0.6) is 5.75 Å². The lowest BCUT2D eigenvalue weighted by Gasteiger charge is -2.30. The van der Waals surface area contributed by atoms with Crippen molar-refractivity contribution in [2.24, 2.45) is 0 Å². The van der Waals surface area contributed by atoms with Crippen molar-refractivity contribution in [2.75, 3.05) is 0 Å². The Balaban J connectivity index is 1.96. The van der Waals surface area contributed by atoms with Crippen molar-refractivity contribution in [2.45, 2.75) is 32.1 Å². The lowest BCUT2D eigenvalue weighted by atomic mass is 9.98. The molecule has 3 rings (SSSR count). The van der Waals surface area contributed by atoms with Crippen LogP contribution in [0.3, 0.4) is 0 Å². The highest BCUT2D eigenvalue weighted by atomic mass is 79.9. The van der Waals surface area contributed by atoms with E-state index in [0.717, 1.165) is 28.0 Å². The zero-order valence-corrected chi connectivity index (χ0v) is 12.2. The number of hydrogen-bond donors (Lipinski definition) is 1. The lowest BCUT2D eigenvalue weighted by molar-refractivity contribution is 0.0619. The summed E-state index contributed by atoms with van der Waals surface area (Å²) in [6, 6.07) is 5.72. The zero-order valence-electron chi connectivity index (χ0n) is 10.6. The van der Waals surface area contributed by atoms with E-state index in [2.05, 4.69) is 27.8 Å². The number of aromatic nitrogens is 2. The number of halogens is 1. The maximum atomic E-state index is 10.3. The monoisotopic (exact) mass is 322 g/mol. The van der Waals surface area contributed by atoms with Gasteiger partial charge in [0.2, 0.25) is 0 Å². The van der Waals surface area contributed by atoms with Crippen molar-refractivity contribution in [3.8, 4) is 5.75 Å². The Kier molecular flexibility index (Phi) is 3.33. The Hall–Kier alpha value is -1.33. The molecule has 1 aliphatic rings. The van der Waals surface area contributed by atoms with Gasteiger partial charge in [0.05, 0.1) is 24.3 Å². The number of rotatable bonds is 2. The standard InChI is InChI=1S/C14H15BrN2O2/c1-2-17-8-16-7-11(17)14-6-12(18)10-4-3-9(15)5-13(10)19-14/h3-5,7-8,12,14,18H,2,6H2,1H3. The normalized spacial score (nSPS) is 21.8. The largest absolute Gasteiger partial charge is 0.484 e. The van der Waals surface area contributed by atoms with Gasteiger partial charge < -0.3 is 14.4 Å². The minimum absolute atomic E-state index is 0.153. The number of aryl methyl sites for hydroxylation is 1. The van der Waals surface area contributed by atoms with Crippen LogP contribution in [0.4, 0.5) is 0 Å². The molecule has 4 nitrogen and oxygen atoms in total. The first-order valence-electron chi connectivity index (χ1n) is 6.33. The topological polar surface area (TPSA) is 47.3 Å². The van der Waals surface area contributed by atoms with E-state index in [1.165, 1.54) is 0 Å². The van der Waals surface area contributed by atoms with Crippen molar-refractivity contribution < 1.29 is 9.84 Å². The first kappa shape index (κ1) is 12.7. The van der Waals surface area contributed by atoms with Gasteiger partial charge in [-0.3, -0.25) is 0 Å². The van der Waals surface area contributed by atoms with Crippen LogP contribution >= 0.6 is 15.9 Å². The van der Waals surface area contributed by atoms with Crippen molar-refractivity contribution in [1.82, 2.24) is 9.55 Å². The Bertz CT molecular complexity index is 597. The van der Waals surface area contributed by atoms with Gasteiger partial charge in [0.25, 0.3) is 0 Å². The molecule has 0 radical (unpaired) electrons. The van der Waals surface area contributed by atoms with Gasteiger partial charge in [-0.1, -0.05) is 22.0 Å². The van der Waals surface area contributed by atoms with Gasteiger partial charge in [0.1, 0.15) is 11.9 Å². The molecule has 1 N–H and O–H groups in total. The minimum Gasteiger partial charge on any atom is -0.484 e. The smallest absolute Gasteiger partial charge is 0.143 e. The summed E-state index contributed by atoms with van der Waals surface area (Å²) in [6.07, 6.45) is 3.51. The molecule has 1 aliphatic heterocycles. The summed E-state index contributed by atoms with van der Waals surface area (Å²) in [5.41, 5.74) is 1.86. The van der Waals surface area contributed by atoms with E-state index in [0.29, 0.717) is 6.42 Å². The minimum atomic E-state index is -0.498. The van der Waals surface area contributed by atoms with Crippen LogP contribution in [-0.4, -0.2) is 14.7 Å². The van der Waals surface area contributed by atoms with Crippen LogP contribution in [0.25, 0.3) is 0 Å². The van der Waals surface area contributed by atoms with Gasteiger partial charge in [-0.25, -0.2) is 4.98 Å². The third kappa shape index (κ3) is 2.28. The number of ether oxygens (including phenoxy) is 1. The summed E-state index contributed by atoms with van der Waals surface area (Å²) in [4.78, 5) is 4.16. The fourth-order valence-corrected chi connectivity index (χ4v) is 2.80. The van der Waals surface area contributed by atoms with E-state index in [9.17, 15) is 5.11 Å². The van der Waals surface area contributed by atoms with Gasteiger partial charge in [-0.2, -0.15) is 0 Å². The molecule has 0 spiro atoms. The van der Waals surface area contributed by atoms with E-state index in [1.54, 1.807) is 6.33 Å². The van der Waals surface area contributed by atoms with Gasteiger partial charge in [0, 0.05) is 23.0 Å². The van der Waals surface area contributed by atoms with E-state index in [4.69, 9.17) is 4.74 Å². The van der Waals surface area contributed by atoms with E-state index in [1.807, 2.05) is 29.0 Å². The molecule has 100 valence electrons. The highest BCUT2D eigenvalue weighted by Gasteiger charge is 2.29. The average Bonchev–Trinajstić information content (AvgIpc) is 2.86. The molecule has 0 amide bonds. The number of aliphatic hydroxyl groups is 1. The fourth-order valence-electron chi connectivity index (χ4n) is 2.46. The molecule has 0 saturated carbocycles. The van der Waals surface area contributed by atoms with Crippen LogP contribution in [0, 0.1) is 0 Å². The summed E-state index contributed by atoms with van der Waals surface area (Å²) >= 11 is 3.43. The highest BCUT2D eigenvalue weighted by molar-refractivity contribution is 9.10. The molecule has 2 aromatic rings. The summed E-state index contributed by atoms with van der Waals surface area (Å²) in [7, 11) is 0. The Morgan fingerprint density at radius 2 is 2.37 bits per heavy atom. The summed E-state index contributed by atoms with van der Waals surface area (Å²) < 4.78 is 9.01. The molecule has 0 aliphatic carbocycles. The van der Waals surface area contributed by atoms with Gasteiger partial charge in [0.15, 0.2) is 0 Å². The van der Waals surface area contributed by atoms with Crippen molar-refractivity contribution in [1.29, 1.82) is 0 Å². The van der Waals surface area contributed by atoms with E-state index in [-0.39, 0.29) is 6.10 Å². The second kappa shape index (κ2) is 4.98. The summed E-state index contributed by atoms with van der Waals surface area (Å²) in [6.45, 7) is 2.91. The van der Waals surface area contributed by atoms with E-state index >= 15 is 0 Å². The molecule has 2 heterocycles. The number of imidazole rings is 1. The van der Waals surface area contributed by atoms with Gasteiger partial charge in [-0.05, 0) is 19.1 Å². The fraction of sp³-hybridized carbons (Fsp3) is 0.357. The quantitative estimate of drug-likeness (QED) is 0.923. The molecule has 1 aromatic heterocycles. The third-order valence-electron chi connectivity index (χ3n) is 3.46. The third-order valence-corrected chi connectivity index (χ3v) is 3.95.